The van der Waals surface area contributed by atoms with Gasteiger partial charge in [0.1, 0.15) is 17.7 Å². The first-order valence-corrected chi connectivity index (χ1v) is 7.51. The molecule has 0 saturated heterocycles. The predicted octanol–water partition coefficient (Wildman–Crippen LogP) is 1.23. The van der Waals surface area contributed by atoms with Crippen LogP contribution in [-0.4, -0.2) is 37.0 Å². The molecule has 1 rings (SSSR count). The minimum atomic E-state index is -0.641. The van der Waals surface area contributed by atoms with Crippen molar-refractivity contribution in [1.82, 2.24) is 10.6 Å². The second-order valence-corrected chi connectivity index (χ2v) is 5.68. The third-order valence-electron chi connectivity index (χ3n) is 3.16. The van der Waals surface area contributed by atoms with Crippen LogP contribution in [0.15, 0.2) is 24.3 Å². The molecule has 2 atom stereocenters. The Morgan fingerprint density at radius 2 is 1.92 bits per heavy atom. The molecule has 0 heterocycles. The number of hydrogen-bond acceptors (Lipinski definition) is 4. The maximum atomic E-state index is 13.0. The normalized spacial score (nSPS) is 12.8. The van der Waals surface area contributed by atoms with E-state index in [-0.39, 0.29) is 55.1 Å². The van der Waals surface area contributed by atoms with Crippen LogP contribution >= 0.6 is 12.4 Å². The van der Waals surface area contributed by atoms with Gasteiger partial charge in [-0.3, -0.25) is 9.59 Å². The van der Waals surface area contributed by atoms with Crippen molar-refractivity contribution in [2.75, 3.05) is 13.1 Å². The maximum Gasteiger partial charge on any atom is 0.239 e. The fraction of sp³-hybridized carbons (Fsp3) is 0.500. The van der Waals surface area contributed by atoms with Gasteiger partial charge in [0.05, 0.1) is 19.1 Å². The molecule has 4 N–H and O–H groups in total. The van der Waals surface area contributed by atoms with Crippen molar-refractivity contribution in [2.45, 2.75) is 32.9 Å². The van der Waals surface area contributed by atoms with Gasteiger partial charge in [0.25, 0.3) is 0 Å². The fourth-order valence-electron chi connectivity index (χ4n) is 1.72. The highest BCUT2D eigenvalue weighted by Crippen LogP contribution is 2.13. The van der Waals surface area contributed by atoms with Crippen molar-refractivity contribution >= 4 is 24.2 Å². The van der Waals surface area contributed by atoms with Gasteiger partial charge in [0, 0.05) is 6.07 Å². The van der Waals surface area contributed by atoms with E-state index in [1.807, 2.05) is 13.8 Å². The van der Waals surface area contributed by atoms with Gasteiger partial charge in [-0.15, -0.1) is 12.4 Å². The molecule has 1 aromatic rings. The number of amides is 2. The highest BCUT2D eigenvalue weighted by Gasteiger charge is 2.17. The van der Waals surface area contributed by atoms with E-state index >= 15 is 0 Å². The van der Waals surface area contributed by atoms with Gasteiger partial charge in [0.2, 0.25) is 11.8 Å². The monoisotopic (exact) mass is 361 g/mol. The molecule has 0 radical (unpaired) electrons. The SMILES string of the molecule is CC(CNC(=O)CNC(=O)[C@@H](N)C(C)C)Oc1cccc(F)c1.Cl. The van der Waals surface area contributed by atoms with E-state index in [0.29, 0.717) is 5.75 Å². The van der Waals surface area contributed by atoms with Crippen LogP contribution in [0.2, 0.25) is 0 Å². The summed E-state index contributed by atoms with van der Waals surface area (Å²) in [5.41, 5.74) is 5.67. The molecule has 2 amide bonds. The number of carbonyl (C=O) groups excluding carboxylic acids is 2. The average Bonchev–Trinajstić information content (AvgIpc) is 2.49. The molecular formula is C16H25ClFN3O3. The second-order valence-electron chi connectivity index (χ2n) is 5.68. The topological polar surface area (TPSA) is 93.5 Å². The summed E-state index contributed by atoms with van der Waals surface area (Å²) in [6, 6.07) is 5.13. The molecular weight excluding hydrogens is 337 g/mol. The Kier molecular flexibility index (Phi) is 9.99. The molecule has 1 aromatic carbocycles. The third kappa shape index (κ3) is 8.12. The zero-order valence-corrected chi connectivity index (χ0v) is 14.9. The lowest BCUT2D eigenvalue weighted by Crippen LogP contribution is -2.47. The summed E-state index contributed by atoms with van der Waals surface area (Å²) in [5.74, 6) is -0.702. The standard InChI is InChI=1S/C16H24FN3O3.ClH/c1-10(2)15(18)16(22)20-9-14(21)19-8-11(3)23-13-6-4-5-12(17)7-13;/h4-7,10-11,15H,8-9,18H2,1-3H3,(H,19,21)(H,20,22);1H/t11?,15-;/m0./s1. The molecule has 0 spiro atoms. The van der Waals surface area contributed by atoms with E-state index < -0.39 is 6.04 Å². The molecule has 0 aliphatic rings. The van der Waals surface area contributed by atoms with Gasteiger partial charge in [-0.2, -0.15) is 0 Å². The highest BCUT2D eigenvalue weighted by molar-refractivity contribution is 5.87. The third-order valence-corrected chi connectivity index (χ3v) is 3.16. The van der Waals surface area contributed by atoms with Gasteiger partial charge in [-0.25, -0.2) is 4.39 Å². The fourth-order valence-corrected chi connectivity index (χ4v) is 1.72. The van der Waals surface area contributed by atoms with Crippen LogP contribution in [0.3, 0.4) is 0 Å². The quantitative estimate of drug-likeness (QED) is 0.649. The van der Waals surface area contributed by atoms with Crippen LogP contribution in [-0.2, 0) is 9.59 Å². The number of benzene rings is 1. The van der Waals surface area contributed by atoms with E-state index in [9.17, 15) is 14.0 Å². The van der Waals surface area contributed by atoms with Gasteiger partial charge < -0.3 is 21.1 Å². The molecule has 6 nitrogen and oxygen atoms in total. The molecule has 24 heavy (non-hydrogen) atoms. The molecule has 1 unspecified atom stereocenters. The number of carbonyl (C=O) groups is 2. The first-order chi connectivity index (χ1) is 10.8. The van der Waals surface area contributed by atoms with Gasteiger partial charge in [-0.05, 0) is 25.0 Å². The first-order valence-electron chi connectivity index (χ1n) is 7.51. The average molecular weight is 362 g/mol. The van der Waals surface area contributed by atoms with E-state index in [1.54, 1.807) is 19.1 Å². The number of rotatable bonds is 8. The van der Waals surface area contributed by atoms with Crippen molar-refractivity contribution in [3.05, 3.63) is 30.1 Å². The molecule has 0 bridgehead atoms. The molecule has 136 valence electrons. The van der Waals surface area contributed by atoms with Crippen LogP contribution in [0.5, 0.6) is 5.75 Å². The van der Waals surface area contributed by atoms with Crippen LogP contribution in [0.25, 0.3) is 0 Å². The van der Waals surface area contributed by atoms with Crippen molar-refractivity contribution in [2.24, 2.45) is 11.7 Å². The minimum Gasteiger partial charge on any atom is -0.489 e. The summed E-state index contributed by atoms with van der Waals surface area (Å²) in [7, 11) is 0. The highest BCUT2D eigenvalue weighted by atomic mass is 35.5. The summed E-state index contributed by atoms with van der Waals surface area (Å²) in [6.45, 7) is 5.50. The molecule has 0 fully saturated rings. The van der Waals surface area contributed by atoms with Crippen molar-refractivity contribution in [1.29, 1.82) is 0 Å². The van der Waals surface area contributed by atoms with E-state index in [2.05, 4.69) is 10.6 Å². The number of nitrogens with two attached hydrogens (primary N) is 1. The molecule has 0 aliphatic carbocycles. The summed E-state index contributed by atoms with van der Waals surface area (Å²) in [5, 5.41) is 5.11. The molecule has 0 aromatic heterocycles. The Hall–Kier alpha value is -1.86. The molecule has 0 aliphatic heterocycles. The Labute approximate surface area is 147 Å². The summed E-state index contributed by atoms with van der Waals surface area (Å²) >= 11 is 0. The minimum absolute atomic E-state index is 0. The smallest absolute Gasteiger partial charge is 0.239 e. The van der Waals surface area contributed by atoms with Gasteiger partial charge in [-0.1, -0.05) is 19.9 Å². The van der Waals surface area contributed by atoms with Crippen LogP contribution in [0, 0.1) is 11.7 Å². The van der Waals surface area contributed by atoms with E-state index in [4.69, 9.17) is 10.5 Å². The van der Waals surface area contributed by atoms with Crippen LogP contribution in [0.4, 0.5) is 4.39 Å². The number of nitrogens with one attached hydrogen (secondary N) is 2. The second kappa shape index (κ2) is 10.8. The summed E-state index contributed by atoms with van der Waals surface area (Å²) in [4.78, 5) is 23.3. The molecule has 0 saturated carbocycles. The lowest BCUT2D eigenvalue weighted by atomic mass is 10.1. The van der Waals surface area contributed by atoms with E-state index in [0.717, 1.165) is 0 Å². The zero-order chi connectivity index (χ0) is 17.4. The lowest BCUT2D eigenvalue weighted by molar-refractivity contribution is -0.127. The maximum absolute atomic E-state index is 13.0. The van der Waals surface area contributed by atoms with E-state index in [1.165, 1.54) is 12.1 Å². The predicted molar refractivity (Wildman–Crippen MR) is 92.6 cm³/mol. The zero-order valence-electron chi connectivity index (χ0n) is 14.0. The Balaban J connectivity index is 0.00000529. The largest absolute Gasteiger partial charge is 0.489 e. The van der Waals surface area contributed by atoms with Crippen molar-refractivity contribution in [3.63, 3.8) is 0 Å². The number of ether oxygens (including phenoxy) is 1. The first kappa shape index (κ1) is 22.1. The van der Waals surface area contributed by atoms with Crippen molar-refractivity contribution in [3.8, 4) is 5.75 Å². The van der Waals surface area contributed by atoms with Gasteiger partial charge in [0.15, 0.2) is 0 Å². The summed E-state index contributed by atoms with van der Waals surface area (Å²) in [6.07, 6.45) is -0.339. The van der Waals surface area contributed by atoms with Crippen molar-refractivity contribution < 1.29 is 18.7 Å². The number of hydrogen-bond donors (Lipinski definition) is 3. The Bertz CT molecular complexity index is 543. The van der Waals surface area contributed by atoms with Crippen LogP contribution in [0.1, 0.15) is 20.8 Å². The Morgan fingerprint density at radius 1 is 1.25 bits per heavy atom. The lowest BCUT2D eigenvalue weighted by Gasteiger charge is -2.17. The Morgan fingerprint density at radius 3 is 2.50 bits per heavy atom. The number of halogens is 2. The summed E-state index contributed by atoms with van der Waals surface area (Å²) < 4.78 is 18.5. The van der Waals surface area contributed by atoms with Crippen LogP contribution < -0.4 is 21.1 Å². The molecule has 8 heteroatoms. The van der Waals surface area contributed by atoms with Gasteiger partial charge >= 0.3 is 0 Å².